The van der Waals surface area contributed by atoms with Crippen molar-refractivity contribution < 1.29 is 35.5 Å². The molecule has 3 aromatic rings. The molecule has 0 radical (unpaired) electrons. The Bertz CT molecular complexity index is 1190. The minimum Gasteiger partial charge on any atom is -0.468 e. The van der Waals surface area contributed by atoms with E-state index in [-0.39, 0.29) is 23.7 Å². The molecule has 1 heterocycles. The first kappa shape index (κ1) is 24.1. The summed E-state index contributed by atoms with van der Waals surface area (Å²) in [4.78, 5) is 12.0. The summed E-state index contributed by atoms with van der Waals surface area (Å²) in [5.41, 5.74) is 1.19. The minimum absolute atomic E-state index is 0.0231. The smallest absolute Gasteiger partial charge is 0.468 e. The highest BCUT2D eigenvalue weighted by molar-refractivity contribution is 7.89. The van der Waals surface area contributed by atoms with E-state index in [0.717, 1.165) is 12.1 Å². The number of rotatable bonds is 9. The maximum absolute atomic E-state index is 12.3. The zero-order valence-corrected chi connectivity index (χ0v) is 17.8. The molecule has 0 aliphatic carbocycles. The summed E-state index contributed by atoms with van der Waals surface area (Å²) in [5, 5.41) is 2.60. The Morgan fingerprint density at radius 3 is 2.30 bits per heavy atom. The highest BCUT2D eigenvalue weighted by Crippen LogP contribution is 2.22. The van der Waals surface area contributed by atoms with E-state index in [1.807, 2.05) is 0 Å². The number of alkyl halides is 3. The standard InChI is InChI=1S/C22H19F3N2O5S/c23-22(24,25)32-18-8-3-17(4-9-18)14-26-21(28)12-7-16-5-10-20(11-6-16)33(29,30)27-15-19-2-1-13-31-19/h1-13,27H,14-15H2,(H,26,28)/b12-7+. The number of carbonyl (C=O) groups excluding carboxylic acids is 1. The molecule has 0 unspecified atom stereocenters. The van der Waals surface area contributed by atoms with Crippen LogP contribution in [0.25, 0.3) is 6.08 Å². The molecule has 0 aliphatic heterocycles. The van der Waals surface area contributed by atoms with Crippen LogP contribution >= 0.6 is 0 Å². The summed E-state index contributed by atoms with van der Waals surface area (Å²) >= 11 is 0. The Morgan fingerprint density at radius 2 is 1.70 bits per heavy atom. The lowest BCUT2D eigenvalue weighted by atomic mass is 10.2. The lowest BCUT2D eigenvalue weighted by Crippen LogP contribution is -2.22. The van der Waals surface area contributed by atoms with Crippen molar-refractivity contribution in [2.45, 2.75) is 24.3 Å². The molecule has 0 atom stereocenters. The maximum Gasteiger partial charge on any atom is 0.573 e. The van der Waals surface area contributed by atoms with Gasteiger partial charge in [0.25, 0.3) is 0 Å². The molecule has 0 bridgehead atoms. The van der Waals surface area contributed by atoms with Gasteiger partial charge < -0.3 is 14.5 Å². The van der Waals surface area contributed by atoms with E-state index in [4.69, 9.17) is 4.42 Å². The Balaban J connectivity index is 1.49. The van der Waals surface area contributed by atoms with Crippen molar-refractivity contribution in [2.75, 3.05) is 0 Å². The summed E-state index contributed by atoms with van der Waals surface area (Å²) in [6.07, 6.45) is -0.550. The third-order valence-corrected chi connectivity index (χ3v) is 5.67. The first-order valence-electron chi connectivity index (χ1n) is 9.53. The second kappa shape index (κ2) is 10.4. The molecule has 2 N–H and O–H groups in total. The van der Waals surface area contributed by atoms with Gasteiger partial charge in [0.15, 0.2) is 0 Å². The number of nitrogens with one attached hydrogen (secondary N) is 2. The topological polar surface area (TPSA) is 97.6 Å². The Labute approximate surface area is 187 Å². The predicted molar refractivity (Wildman–Crippen MR) is 113 cm³/mol. The molecular weight excluding hydrogens is 461 g/mol. The van der Waals surface area contributed by atoms with Crippen LogP contribution in [-0.4, -0.2) is 20.7 Å². The third-order valence-electron chi connectivity index (χ3n) is 4.26. The Hall–Kier alpha value is -3.57. The van der Waals surface area contributed by atoms with Crippen molar-refractivity contribution in [3.8, 4) is 5.75 Å². The van der Waals surface area contributed by atoms with Crippen LogP contribution in [0.3, 0.4) is 0 Å². The number of hydrogen-bond donors (Lipinski definition) is 2. The van der Waals surface area contributed by atoms with Crippen molar-refractivity contribution in [1.82, 2.24) is 10.0 Å². The summed E-state index contributed by atoms with van der Waals surface area (Å²) < 4.78 is 72.4. The van der Waals surface area contributed by atoms with Gasteiger partial charge in [-0.05, 0) is 53.6 Å². The maximum atomic E-state index is 12.3. The van der Waals surface area contributed by atoms with Gasteiger partial charge in [-0.2, -0.15) is 0 Å². The molecule has 0 saturated carbocycles. The number of carbonyl (C=O) groups is 1. The van der Waals surface area contributed by atoms with Crippen LogP contribution in [0.5, 0.6) is 5.75 Å². The number of benzene rings is 2. The van der Waals surface area contributed by atoms with Crippen molar-refractivity contribution in [3.05, 3.63) is 89.9 Å². The fourth-order valence-corrected chi connectivity index (χ4v) is 3.64. The first-order chi connectivity index (χ1) is 15.6. The molecule has 33 heavy (non-hydrogen) atoms. The van der Waals surface area contributed by atoms with E-state index >= 15 is 0 Å². The van der Waals surface area contributed by atoms with Gasteiger partial charge in [-0.1, -0.05) is 24.3 Å². The molecule has 0 saturated heterocycles. The van der Waals surface area contributed by atoms with Crippen LogP contribution in [-0.2, 0) is 27.9 Å². The van der Waals surface area contributed by atoms with Crippen molar-refractivity contribution in [1.29, 1.82) is 0 Å². The van der Waals surface area contributed by atoms with Crippen LogP contribution in [0.2, 0.25) is 0 Å². The molecule has 7 nitrogen and oxygen atoms in total. The second-order valence-corrected chi connectivity index (χ2v) is 8.48. The van der Waals surface area contributed by atoms with E-state index in [9.17, 15) is 26.4 Å². The Kier molecular flexibility index (Phi) is 7.56. The van der Waals surface area contributed by atoms with Crippen LogP contribution in [0, 0.1) is 0 Å². The molecule has 0 aliphatic rings. The highest BCUT2D eigenvalue weighted by atomic mass is 32.2. The van der Waals surface area contributed by atoms with E-state index in [1.54, 1.807) is 24.3 Å². The number of sulfonamides is 1. The van der Waals surface area contributed by atoms with Gasteiger partial charge in [0, 0.05) is 12.6 Å². The van der Waals surface area contributed by atoms with Gasteiger partial charge in [0.05, 0.1) is 17.7 Å². The summed E-state index contributed by atoms with van der Waals surface area (Å²) in [6, 6.07) is 14.3. The molecule has 11 heteroatoms. The van der Waals surface area contributed by atoms with E-state index < -0.39 is 22.3 Å². The first-order valence-corrected chi connectivity index (χ1v) is 11.0. The average Bonchev–Trinajstić information content (AvgIpc) is 3.29. The number of furan rings is 1. The molecule has 1 aromatic heterocycles. The van der Waals surface area contributed by atoms with Gasteiger partial charge in [-0.15, -0.1) is 13.2 Å². The van der Waals surface area contributed by atoms with Gasteiger partial charge in [-0.3, -0.25) is 4.79 Å². The van der Waals surface area contributed by atoms with Crippen molar-refractivity contribution in [2.24, 2.45) is 0 Å². The fraction of sp³-hybridized carbons (Fsp3) is 0.136. The molecule has 1 amide bonds. The predicted octanol–water partition coefficient (Wildman–Crippen LogP) is 3.99. The fourth-order valence-electron chi connectivity index (χ4n) is 2.65. The summed E-state index contributed by atoms with van der Waals surface area (Å²) in [7, 11) is -3.72. The molecular formula is C22H19F3N2O5S. The molecule has 0 spiro atoms. The van der Waals surface area contributed by atoms with E-state index in [1.165, 1.54) is 42.7 Å². The van der Waals surface area contributed by atoms with Gasteiger partial charge in [0.2, 0.25) is 15.9 Å². The average molecular weight is 480 g/mol. The van der Waals surface area contributed by atoms with E-state index in [0.29, 0.717) is 16.9 Å². The van der Waals surface area contributed by atoms with Gasteiger partial charge >= 0.3 is 6.36 Å². The van der Waals surface area contributed by atoms with Crippen molar-refractivity contribution in [3.63, 3.8) is 0 Å². The molecule has 0 fully saturated rings. The SMILES string of the molecule is O=C(/C=C/c1ccc(S(=O)(=O)NCc2ccco2)cc1)NCc1ccc(OC(F)(F)F)cc1. The normalized spacial score (nSPS) is 12.1. The highest BCUT2D eigenvalue weighted by Gasteiger charge is 2.30. The minimum atomic E-state index is -4.76. The molecule has 2 aromatic carbocycles. The number of ether oxygens (including phenoxy) is 1. The van der Waals surface area contributed by atoms with Gasteiger partial charge in [0.1, 0.15) is 11.5 Å². The number of amides is 1. The van der Waals surface area contributed by atoms with Crippen LogP contribution < -0.4 is 14.8 Å². The zero-order valence-electron chi connectivity index (χ0n) is 17.0. The summed E-state index contributed by atoms with van der Waals surface area (Å²) in [5.74, 6) is -0.295. The molecule has 3 rings (SSSR count). The second-order valence-electron chi connectivity index (χ2n) is 6.72. The zero-order chi connectivity index (χ0) is 23.9. The monoisotopic (exact) mass is 480 g/mol. The molecule has 174 valence electrons. The van der Waals surface area contributed by atoms with Crippen molar-refractivity contribution >= 4 is 22.0 Å². The lowest BCUT2D eigenvalue weighted by molar-refractivity contribution is -0.274. The summed E-state index contributed by atoms with van der Waals surface area (Å²) in [6.45, 7) is 0.128. The number of hydrogen-bond acceptors (Lipinski definition) is 5. The third kappa shape index (κ3) is 7.81. The Morgan fingerprint density at radius 1 is 1.00 bits per heavy atom. The largest absolute Gasteiger partial charge is 0.573 e. The number of halogens is 3. The van der Waals surface area contributed by atoms with E-state index in [2.05, 4.69) is 14.8 Å². The van der Waals surface area contributed by atoms with Crippen LogP contribution in [0.15, 0.2) is 82.3 Å². The van der Waals surface area contributed by atoms with Gasteiger partial charge in [-0.25, -0.2) is 13.1 Å². The van der Waals surface area contributed by atoms with Crippen LogP contribution in [0.4, 0.5) is 13.2 Å². The quantitative estimate of drug-likeness (QED) is 0.452. The van der Waals surface area contributed by atoms with Crippen LogP contribution in [0.1, 0.15) is 16.9 Å². The lowest BCUT2D eigenvalue weighted by Gasteiger charge is -2.09.